The molecule has 10 heavy (non-hydrogen) atoms. The average Bonchev–Trinajstić information content (AvgIpc) is 2.11. The van der Waals surface area contributed by atoms with E-state index in [2.05, 4.69) is 36.5 Å². The number of hydrogen-bond acceptors (Lipinski definition) is 3. The van der Waals surface area contributed by atoms with E-state index in [9.17, 15) is 0 Å². The Morgan fingerprint density at radius 3 is 2.40 bits per heavy atom. The highest BCUT2D eigenvalue weighted by Gasteiger charge is 2.23. The monoisotopic (exact) mass is 160 g/mol. The quantitative estimate of drug-likeness (QED) is 0.545. The van der Waals surface area contributed by atoms with E-state index >= 15 is 0 Å². The molecule has 1 unspecified atom stereocenters. The summed E-state index contributed by atoms with van der Waals surface area (Å²) in [5.41, 5.74) is 2.79. The lowest BCUT2D eigenvalue weighted by molar-refractivity contribution is 0.309. The maximum Gasteiger partial charge on any atom is 0.142 e. The van der Waals surface area contributed by atoms with Crippen LogP contribution in [0.1, 0.15) is 20.8 Å². The fraction of sp³-hybridized carbons (Fsp3) is 0.667. The number of hydrogen-bond donors (Lipinski definition) is 1. The summed E-state index contributed by atoms with van der Waals surface area (Å²) < 4.78 is 9.11. The minimum atomic E-state index is -0.523. The zero-order valence-electron chi connectivity index (χ0n) is 6.47. The Labute approximate surface area is 63.7 Å². The van der Waals surface area contributed by atoms with E-state index in [1.54, 1.807) is 0 Å². The van der Waals surface area contributed by atoms with Gasteiger partial charge in [0.05, 0.1) is 11.0 Å². The van der Waals surface area contributed by atoms with Crippen molar-refractivity contribution in [3.8, 4) is 0 Å². The van der Waals surface area contributed by atoms with Gasteiger partial charge in [-0.1, -0.05) is 20.8 Å². The predicted octanol–water partition coefficient (Wildman–Crippen LogP) is 1.50. The van der Waals surface area contributed by atoms with E-state index < -0.39 is 11.0 Å². The fourth-order valence-corrected chi connectivity index (χ4v) is 1.24. The zero-order chi connectivity index (χ0) is 7.78. The maximum atomic E-state index is 4.95. The van der Waals surface area contributed by atoms with Crippen molar-refractivity contribution in [1.29, 1.82) is 0 Å². The van der Waals surface area contributed by atoms with Gasteiger partial charge in [0, 0.05) is 5.41 Å². The third-order valence-corrected chi connectivity index (χ3v) is 1.80. The largest absolute Gasteiger partial charge is 0.237 e. The van der Waals surface area contributed by atoms with Crippen molar-refractivity contribution in [2.75, 3.05) is 0 Å². The lowest BCUT2D eigenvalue weighted by Crippen LogP contribution is -2.30. The third-order valence-electron chi connectivity index (χ3n) is 1.14. The molecule has 0 fully saturated rings. The fourth-order valence-electron chi connectivity index (χ4n) is 0.517. The van der Waals surface area contributed by atoms with E-state index in [4.69, 9.17) is 4.28 Å². The molecule has 58 valence electrons. The van der Waals surface area contributed by atoms with Crippen molar-refractivity contribution in [2.24, 2.45) is 9.81 Å². The molecular weight excluding hydrogens is 148 g/mol. The first-order valence-corrected chi connectivity index (χ1v) is 4.34. The van der Waals surface area contributed by atoms with Gasteiger partial charge in [-0.25, -0.2) is 5.48 Å². The van der Waals surface area contributed by atoms with Crippen molar-refractivity contribution in [3.05, 3.63) is 0 Å². The Bertz CT molecular complexity index is 192. The standard InChI is InChI=1S/C6H12N2OS/c1-6(2,3)5-7-9-10(4)8-5/h4H2,1-3H3,(H,7,8). The minimum Gasteiger partial charge on any atom is -0.237 e. The summed E-state index contributed by atoms with van der Waals surface area (Å²) in [4.78, 5) is 0. The van der Waals surface area contributed by atoms with Crippen molar-refractivity contribution in [1.82, 2.24) is 5.48 Å². The number of rotatable bonds is 0. The highest BCUT2D eigenvalue weighted by molar-refractivity contribution is 8.09. The molecule has 0 bridgehead atoms. The van der Waals surface area contributed by atoms with Gasteiger partial charge in [0.25, 0.3) is 0 Å². The van der Waals surface area contributed by atoms with Crippen LogP contribution in [0.4, 0.5) is 0 Å². The molecule has 3 nitrogen and oxygen atoms in total. The number of nitrogens with zero attached hydrogens (tertiary/aromatic N) is 1. The Morgan fingerprint density at radius 1 is 1.60 bits per heavy atom. The van der Waals surface area contributed by atoms with Crippen LogP contribution >= 0.6 is 11.0 Å². The first-order chi connectivity index (χ1) is 4.50. The molecule has 1 atom stereocenters. The average molecular weight is 160 g/mol. The van der Waals surface area contributed by atoms with Crippen molar-refractivity contribution in [3.63, 3.8) is 0 Å². The lowest BCUT2D eigenvalue weighted by Gasteiger charge is -2.15. The molecule has 0 spiro atoms. The molecule has 0 saturated heterocycles. The van der Waals surface area contributed by atoms with E-state index in [0.29, 0.717) is 0 Å². The molecule has 1 rings (SSSR count). The Hall–Kier alpha value is -0.350. The summed E-state index contributed by atoms with van der Waals surface area (Å²) in [5, 5.41) is 0. The van der Waals surface area contributed by atoms with Crippen molar-refractivity contribution in [2.45, 2.75) is 20.8 Å². The van der Waals surface area contributed by atoms with Gasteiger partial charge in [-0.3, -0.25) is 0 Å². The topological polar surface area (TPSA) is 33.6 Å². The minimum absolute atomic E-state index is 0.0411. The van der Waals surface area contributed by atoms with E-state index in [0.717, 1.165) is 5.84 Å². The second kappa shape index (κ2) is 2.36. The van der Waals surface area contributed by atoms with Crippen molar-refractivity contribution >= 4 is 22.7 Å². The van der Waals surface area contributed by atoms with Crippen LogP contribution in [0.3, 0.4) is 0 Å². The molecule has 0 radical (unpaired) electrons. The molecule has 1 aliphatic rings. The van der Waals surface area contributed by atoms with Crippen molar-refractivity contribution < 1.29 is 4.28 Å². The van der Waals surface area contributed by atoms with Gasteiger partial charge in [0.1, 0.15) is 5.84 Å². The van der Waals surface area contributed by atoms with E-state index in [-0.39, 0.29) is 5.41 Å². The SMILES string of the molecule is C=S1N=C(C(C)(C)C)NO1. The lowest BCUT2D eigenvalue weighted by atomic mass is 9.96. The number of hydroxylamine groups is 1. The molecule has 1 aliphatic heterocycles. The molecule has 0 amide bonds. The summed E-state index contributed by atoms with van der Waals surface area (Å²) in [7, 11) is -0.523. The highest BCUT2D eigenvalue weighted by atomic mass is 32.2. The smallest absolute Gasteiger partial charge is 0.142 e. The molecule has 0 aromatic carbocycles. The summed E-state index contributed by atoms with van der Waals surface area (Å²) in [6.07, 6.45) is 0. The molecule has 4 heteroatoms. The summed E-state index contributed by atoms with van der Waals surface area (Å²) >= 11 is 0. The van der Waals surface area contributed by atoms with Gasteiger partial charge in [0.2, 0.25) is 0 Å². The molecule has 0 aromatic rings. The molecule has 1 heterocycles. The molecule has 1 N–H and O–H groups in total. The second-order valence-electron chi connectivity index (χ2n) is 3.20. The van der Waals surface area contributed by atoms with Crippen LogP contribution in [0.15, 0.2) is 4.40 Å². The predicted molar refractivity (Wildman–Crippen MR) is 45.8 cm³/mol. The summed E-state index contributed by atoms with van der Waals surface area (Å²) in [5.74, 6) is 4.54. The van der Waals surface area contributed by atoms with Crippen LogP contribution in [-0.4, -0.2) is 11.7 Å². The van der Waals surface area contributed by atoms with Crippen LogP contribution < -0.4 is 5.48 Å². The van der Waals surface area contributed by atoms with Gasteiger partial charge >= 0.3 is 0 Å². The normalized spacial score (nSPS) is 25.9. The number of nitrogens with one attached hydrogen (secondary N) is 1. The van der Waals surface area contributed by atoms with Gasteiger partial charge in [0.15, 0.2) is 0 Å². The van der Waals surface area contributed by atoms with Crippen LogP contribution in [0.2, 0.25) is 0 Å². The van der Waals surface area contributed by atoms with E-state index in [1.807, 2.05) is 0 Å². The zero-order valence-corrected chi connectivity index (χ0v) is 7.29. The van der Waals surface area contributed by atoms with Gasteiger partial charge in [-0.05, 0) is 5.87 Å². The summed E-state index contributed by atoms with van der Waals surface area (Å²) in [6, 6.07) is 0. The molecular formula is C6H12N2OS. The first-order valence-electron chi connectivity index (χ1n) is 3.07. The molecule has 0 aromatic heterocycles. The Balaban J connectivity index is 2.76. The number of amidine groups is 1. The van der Waals surface area contributed by atoms with Crippen LogP contribution in [-0.2, 0) is 4.28 Å². The van der Waals surface area contributed by atoms with Gasteiger partial charge in [-0.2, -0.15) is 8.68 Å². The van der Waals surface area contributed by atoms with Gasteiger partial charge in [-0.15, -0.1) is 0 Å². The second-order valence-corrected chi connectivity index (χ2v) is 4.19. The van der Waals surface area contributed by atoms with Crippen LogP contribution in [0, 0.1) is 5.41 Å². The van der Waals surface area contributed by atoms with Crippen LogP contribution in [0.25, 0.3) is 0 Å². The van der Waals surface area contributed by atoms with Gasteiger partial charge < -0.3 is 0 Å². The molecule has 0 aliphatic carbocycles. The Kier molecular flexibility index (Phi) is 1.83. The third kappa shape index (κ3) is 1.58. The Morgan fingerprint density at radius 2 is 2.20 bits per heavy atom. The molecule has 0 saturated carbocycles. The van der Waals surface area contributed by atoms with Crippen LogP contribution in [0.5, 0.6) is 0 Å². The first kappa shape index (κ1) is 7.75. The summed E-state index contributed by atoms with van der Waals surface area (Å²) in [6.45, 7) is 6.22. The highest BCUT2D eigenvalue weighted by Crippen LogP contribution is 2.25. The van der Waals surface area contributed by atoms with E-state index in [1.165, 1.54) is 0 Å². The maximum absolute atomic E-state index is 4.95.